The van der Waals surface area contributed by atoms with Crippen LogP contribution in [0.5, 0.6) is 0 Å². The average molecular weight is 319 g/mol. The van der Waals surface area contributed by atoms with Gasteiger partial charge in [-0.1, -0.05) is 0 Å². The van der Waals surface area contributed by atoms with Crippen LogP contribution < -0.4 is 5.32 Å². The molecule has 0 fully saturated rings. The first-order valence-electron chi connectivity index (χ1n) is 6.95. The Morgan fingerprint density at radius 2 is 2.18 bits per heavy atom. The van der Waals surface area contributed by atoms with Gasteiger partial charge in [-0.05, 0) is 38.3 Å². The lowest BCUT2D eigenvalue weighted by atomic mass is 10.2. The molecule has 2 rings (SSSR count). The third-order valence-corrected chi connectivity index (χ3v) is 4.04. The second-order valence-corrected chi connectivity index (χ2v) is 5.77. The number of hydrogen-bond donors (Lipinski definition) is 2. The lowest BCUT2D eigenvalue weighted by Crippen LogP contribution is -2.24. The van der Waals surface area contributed by atoms with Gasteiger partial charge in [-0.3, -0.25) is 4.79 Å². The minimum Gasteiger partial charge on any atom is -0.477 e. The fraction of sp³-hybridized carbons (Fsp3) is 0.333. The van der Waals surface area contributed by atoms with Gasteiger partial charge < -0.3 is 10.4 Å². The highest BCUT2D eigenvalue weighted by molar-refractivity contribution is 7.09. The predicted octanol–water partition coefficient (Wildman–Crippen LogP) is 2.30. The number of carboxylic acid groups (broad SMARTS) is 1. The zero-order chi connectivity index (χ0) is 15.9. The van der Waals surface area contributed by atoms with Crippen LogP contribution in [0.4, 0.5) is 0 Å². The minimum absolute atomic E-state index is 0.133. The second kappa shape index (κ2) is 7.65. The van der Waals surface area contributed by atoms with Crippen molar-refractivity contribution in [3.63, 3.8) is 0 Å². The Morgan fingerprint density at radius 1 is 1.36 bits per heavy atom. The number of nitrogens with zero attached hydrogens (tertiary/aromatic N) is 2. The summed E-state index contributed by atoms with van der Waals surface area (Å²) in [5, 5.41) is 14.8. The van der Waals surface area contributed by atoms with E-state index in [0.717, 1.165) is 30.0 Å². The fourth-order valence-electron chi connectivity index (χ4n) is 1.91. The van der Waals surface area contributed by atoms with Crippen LogP contribution in [0.2, 0.25) is 0 Å². The summed E-state index contributed by atoms with van der Waals surface area (Å²) in [6, 6.07) is 2.77. The van der Waals surface area contributed by atoms with E-state index in [1.165, 1.54) is 18.3 Å². The van der Waals surface area contributed by atoms with E-state index in [4.69, 9.17) is 5.11 Å². The number of carbonyl (C=O) groups excluding carboxylic acids is 1. The lowest BCUT2D eigenvalue weighted by Gasteiger charge is -2.05. The number of thiazole rings is 1. The lowest BCUT2D eigenvalue weighted by molar-refractivity contribution is 0.0690. The van der Waals surface area contributed by atoms with Crippen LogP contribution in [-0.2, 0) is 6.42 Å². The molecule has 0 unspecified atom stereocenters. The topological polar surface area (TPSA) is 92.2 Å². The number of pyridine rings is 1. The smallest absolute Gasteiger partial charge is 0.354 e. The highest BCUT2D eigenvalue weighted by Gasteiger charge is 2.10. The van der Waals surface area contributed by atoms with E-state index in [1.807, 2.05) is 12.3 Å². The van der Waals surface area contributed by atoms with Gasteiger partial charge in [-0.2, -0.15) is 0 Å². The molecule has 0 saturated heterocycles. The summed E-state index contributed by atoms with van der Waals surface area (Å²) >= 11 is 1.65. The highest BCUT2D eigenvalue weighted by atomic mass is 32.1. The van der Waals surface area contributed by atoms with E-state index in [9.17, 15) is 9.59 Å². The number of hydrogen-bond acceptors (Lipinski definition) is 5. The van der Waals surface area contributed by atoms with Crippen LogP contribution in [0, 0.1) is 6.92 Å². The van der Waals surface area contributed by atoms with Gasteiger partial charge in [0, 0.05) is 29.4 Å². The summed E-state index contributed by atoms with van der Waals surface area (Å²) < 4.78 is 0. The molecule has 0 saturated carbocycles. The van der Waals surface area contributed by atoms with Gasteiger partial charge in [0.25, 0.3) is 5.91 Å². The summed E-state index contributed by atoms with van der Waals surface area (Å²) in [6.45, 7) is 2.52. The molecule has 0 spiro atoms. The molecule has 7 heteroatoms. The Morgan fingerprint density at radius 3 is 2.86 bits per heavy atom. The Kier molecular flexibility index (Phi) is 5.60. The van der Waals surface area contributed by atoms with Gasteiger partial charge in [0.1, 0.15) is 5.69 Å². The number of carboxylic acids is 1. The molecular formula is C15H17N3O3S. The maximum absolute atomic E-state index is 11.9. The minimum atomic E-state index is -1.15. The third kappa shape index (κ3) is 4.63. The fourth-order valence-corrected chi connectivity index (χ4v) is 2.73. The Hall–Kier alpha value is -2.28. The summed E-state index contributed by atoms with van der Waals surface area (Å²) in [6.07, 6.45) is 4.03. The number of nitrogens with one attached hydrogen (secondary N) is 1. The van der Waals surface area contributed by atoms with Crippen LogP contribution in [0.15, 0.2) is 23.7 Å². The number of aromatic carboxylic acids is 1. The average Bonchev–Trinajstić information content (AvgIpc) is 2.92. The number of amides is 1. The van der Waals surface area contributed by atoms with Crippen molar-refractivity contribution < 1.29 is 14.7 Å². The molecule has 22 heavy (non-hydrogen) atoms. The molecule has 0 atom stereocenters. The first-order chi connectivity index (χ1) is 10.6. The van der Waals surface area contributed by atoms with E-state index >= 15 is 0 Å². The van der Waals surface area contributed by atoms with Crippen molar-refractivity contribution in [3.05, 3.63) is 45.7 Å². The quantitative estimate of drug-likeness (QED) is 0.764. The van der Waals surface area contributed by atoms with Gasteiger partial charge in [0.2, 0.25) is 0 Å². The van der Waals surface area contributed by atoms with E-state index in [2.05, 4.69) is 15.3 Å². The SMILES string of the molecule is Cc1csc(CCCCNC(=O)c2ccnc(C(=O)O)c2)n1. The van der Waals surface area contributed by atoms with Crippen LogP contribution in [-0.4, -0.2) is 33.5 Å². The van der Waals surface area contributed by atoms with Crippen molar-refractivity contribution in [2.45, 2.75) is 26.2 Å². The number of unbranched alkanes of at least 4 members (excludes halogenated alkanes) is 1. The molecule has 0 aliphatic heterocycles. The molecular weight excluding hydrogens is 302 g/mol. The molecule has 116 valence electrons. The van der Waals surface area contributed by atoms with Crippen molar-refractivity contribution >= 4 is 23.2 Å². The van der Waals surface area contributed by atoms with E-state index < -0.39 is 5.97 Å². The Bertz CT molecular complexity index is 670. The van der Waals surface area contributed by atoms with Crippen LogP contribution in [0.25, 0.3) is 0 Å². The van der Waals surface area contributed by atoms with Crippen molar-refractivity contribution in [3.8, 4) is 0 Å². The first-order valence-corrected chi connectivity index (χ1v) is 7.83. The van der Waals surface area contributed by atoms with Gasteiger partial charge in [-0.15, -0.1) is 11.3 Å². The summed E-state index contributed by atoms with van der Waals surface area (Å²) in [4.78, 5) is 30.8. The first kappa shape index (κ1) is 16.1. The zero-order valence-corrected chi connectivity index (χ0v) is 13.0. The van der Waals surface area contributed by atoms with Crippen molar-refractivity contribution in [2.75, 3.05) is 6.54 Å². The molecule has 0 radical (unpaired) electrons. The molecule has 0 bridgehead atoms. The maximum Gasteiger partial charge on any atom is 0.354 e. The van der Waals surface area contributed by atoms with Crippen LogP contribution >= 0.6 is 11.3 Å². The van der Waals surface area contributed by atoms with Crippen molar-refractivity contribution in [2.24, 2.45) is 0 Å². The van der Waals surface area contributed by atoms with Gasteiger partial charge in [0.15, 0.2) is 0 Å². The number of rotatable bonds is 7. The summed E-state index contributed by atoms with van der Waals surface area (Å²) in [5.74, 6) is -1.43. The standard InChI is InChI=1S/C15H17N3O3S/c1-10-9-22-13(18-10)4-2-3-6-17-14(19)11-5-7-16-12(8-11)15(20)21/h5,7-9H,2-4,6H2,1H3,(H,17,19)(H,20,21). The van der Waals surface area contributed by atoms with Crippen LogP contribution in [0.3, 0.4) is 0 Å². The third-order valence-electron chi connectivity index (χ3n) is 3.01. The van der Waals surface area contributed by atoms with E-state index in [0.29, 0.717) is 12.1 Å². The molecule has 2 heterocycles. The van der Waals surface area contributed by atoms with Gasteiger partial charge in [0.05, 0.1) is 5.01 Å². The summed E-state index contributed by atoms with van der Waals surface area (Å²) in [7, 11) is 0. The molecule has 0 aliphatic rings. The van der Waals surface area contributed by atoms with E-state index in [1.54, 1.807) is 11.3 Å². The highest BCUT2D eigenvalue weighted by Crippen LogP contribution is 2.11. The predicted molar refractivity (Wildman–Crippen MR) is 83.3 cm³/mol. The van der Waals surface area contributed by atoms with E-state index in [-0.39, 0.29) is 11.6 Å². The molecule has 0 aromatic carbocycles. The van der Waals surface area contributed by atoms with Gasteiger partial charge in [-0.25, -0.2) is 14.8 Å². The van der Waals surface area contributed by atoms with Crippen molar-refractivity contribution in [1.29, 1.82) is 0 Å². The molecule has 2 aromatic heterocycles. The largest absolute Gasteiger partial charge is 0.477 e. The zero-order valence-electron chi connectivity index (χ0n) is 12.2. The molecule has 0 aliphatic carbocycles. The molecule has 2 N–H and O–H groups in total. The maximum atomic E-state index is 11.9. The van der Waals surface area contributed by atoms with Crippen LogP contribution in [0.1, 0.15) is 44.4 Å². The number of aryl methyl sites for hydroxylation is 2. The second-order valence-electron chi connectivity index (χ2n) is 4.83. The molecule has 6 nitrogen and oxygen atoms in total. The van der Waals surface area contributed by atoms with Crippen molar-refractivity contribution in [1.82, 2.24) is 15.3 Å². The Balaban J connectivity index is 1.73. The molecule has 2 aromatic rings. The van der Waals surface area contributed by atoms with Gasteiger partial charge >= 0.3 is 5.97 Å². The number of aromatic nitrogens is 2. The number of carbonyl (C=O) groups is 2. The summed E-state index contributed by atoms with van der Waals surface area (Å²) in [5.41, 5.74) is 1.22. The normalized spacial score (nSPS) is 10.4. The molecule has 1 amide bonds. The Labute approximate surface area is 132 Å². The monoisotopic (exact) mass is 319 g/mol.